The molecule has 3 aromatic carbocycles. The summed E-state index contributed by atoms with van der Waals surface area (Å²) in [5, 5.41) is 0. The van der Waals surface area contributed by atoms with Crippen molar-refractivity contribution in [3.05, 3.63) is 83.9 Å². The number of hydrogen-bond acceptors (Lipinski definition) is 5. The lowest BCUT2D eigenvalue weighted by Crippen LogP contribution is -2.14. The molecule has 3 rings (SSSR count). The fourth-order valence-electron chi connectivity index (χ4n) is 4.61. The Hall–Kier alpha value is -3.60. The molecule has 0 heterocycles. The van der Waals surface area contributed by atoms with Gasteiger partial charge in [-0.1, -0.05) is 96.4 Å². The molecular weight excluding hydrogens is 512 g/mol. The lowest BCUT2D eigenvalue weighted by Gasteiger charge is -2.14. The smallest absolute Gasteiger partial charge is 0.343 e. The summed E-state index contributed by atoms with van der Waals surface area (Å²) in [5.41, 5.74) is 2.95. The van der Waals surface area contributed by atoms with Gasteiger partial charge in [0.05, 0.1) is 24.3 Å². The van der Waals surface area contributed by atoms with Crippen LogP contribution in [0.15, 0.2) is 72.8 Å². The number of unbranched alkanes of at least 4 members (excludes halogenated alkanes) is 6. The van der Waals surface area contributed by atoms with Crippen molar-refractivity contribution in [2.45, 2.75) is 85.0 Å². The number of esters is 2. The first-order chi connectivity index (χ1) is 20.0. The Morgan fingerprint density at radius 1 is 0.610 bits per heavy atom. The Balaban J connectivity index is 1.45. The predicted molar refractivity (Wildman–Crippen MR) is 166 cm³/mol. The third-order valence-corrected chi connectivity index (χ3v) is 7.37. The van der Waals surface area contributed by atoms with Gasteiger partial charge in [0.1, 0.15) is 11.5 Å². The van der Waals surface area contributed by atoms with Crippen LogP contribution in [0.4, 0.5) is 0 Å². The van der Waals surface area contributed by atoms with E-state index in [4.69, 9.17) is 14.2 Å². The molecule has 0 N–H and O–H groups in total. The Kier molecular flexibility index (Phi) is 14.0. The summed E-state index contributed by atoms with van der Waals surface area (Å²) < 4.78 is 16.9. The zero-order valence-corrected chi connectivity index (χ0v) is 25.0. The number of benzene rings is 3. The average Bonchev–Trinajstić information content (AvgIpc) is 3.01. The van der Waals surface area contributed by atoms with Gasteiger partial charge in [0, 0.05) is 0 Å². The normalized spacial score (nSPS) is 11.6. The number of carbonyl (C=O) groups excluding carboxylic acids is 2. The van der Waals surface area contributed by atoms with Crippen molar-refractivity contribution in [3.8, 4) is 22.6 Å². The highest BCUT2D eigenvalue weighted by atomic mass is 16.5. The van der Waals surface area contributed by atoms with Crippen LogP contribution in [0.5, 0.6) is 11.5 Å². The van der Waals surface area contributed by atoms with Gasteiger partial charge in [0.15, 0.2) is 0 Å². The molecular formula is C36H46O5. The molecule has 220 valence electrons. The van der Waals surface area contributed by atoms with E-state index in [1.54, 1.807) is 36.4 Å². The van der Waals surface area contributed by atoms with Crippen LogP contribution >= 0.6 is 0 Å². The lowest BCUT2D eigenvalue weighted by molar-refractivity contribution is 0.0428. The van der Waals surface area contributed by atoms with E-state index >= 15 is 0 Å². The van der Waals surface area contributed by atoms with Crippen molar-refractivity contribution >= 4 is 11.9 Å². The Morgan fingerprint density at radius 2 is 1.15 bits per heavy atom. The predicted octanol–water partition coefficient (Wildman–Crippen LogP) is 9.69. The zero-order valence-electron chi connectivity index (χ0n) is 25.0. The SMILES string of the molecule is CCCCCCCCOc1ccc(-c2ccc(C(=O)Oc3ccc(C(=O)OCC(CC)CCCC)cc3)cc2)cc1. The quantitative estimate of drug-likeness (QED) is 0.0883. The molecule has 0 aliphatic heterocycles. The topological polar surface area (TPSA) is 61.8 Å². The monoisotopic (exact) mass is 558 g/mol. The van der Waals surface area contributed by atoms with Crippen molar-refractivity contribution in [2.24, 2.45) is 5.92 Å². The van der Waals surface area contributed by atoms with Gasteiger partial charge >= 0.3 is 11.9 Å². The van der Waals surface area contributed by atoms with E-state index in [1.165, 1.54) is 32.1 Å². The molecule has 5 heteroatoms. The molecule has 1 unspecified atom stereocenters. The van der Waals surface area contributed by atoms with Crippen LogP contribution in [0.25, 0.3) is 11.1 Å². The summed E-state index contributed by atoms with van der Waals surface area (Å²) in [5.74, 6) is 0.830. The molecule has 41 heavy (non-hydrogen) atoms. The number of carbonyl (C=O) groups is 2. The van der Waals surface area contributed by atoms with Crippen LogP contribution in [-0.4, -0.2) is 25.2 Å². The van der Waals surface area contributed by atoms with Crippen molar-refractivity contribution < 1.29 is 23.8 Å². The van der Waals surface area contributed by atoms with Gasteiger partial charge in [-0.2, -0.15) is 0 Å². The summed E-state index contributed by atoms with van der Waals surface area (Å²) in [6.45, 7) is 7.69. The van der Waals surface area contributed by atoms with Crippen molar-refractivity contribution in [1.29, 1.82) is 0 Å². The Labute approximate surface area is 246 Å². The lowest BCUT2D eigenvalue weighted by atomic mass is 10.0. The van der Waals surface area contributed by atoms with E-state index in [9.17, 15) is 9.59 Å². The minimum absolute atomic E-state index is 0.356. The second-order valence-electron chi connectivity index (χ2n) is 10.6. The molecule has 0 saturated carbocycles. The summed E-state index contributed by atoms with van der Waals surface area (Å²) in [7, 11) is 0. The van der Waals surface area contributed by atoms with Gasteiger partial charge in [-0.15, -0.1) is 0 Å². The molecule has 0 amide bonds. The molecule has 1 atom stereocenters. The van der Waals surface area contributed by atoms with E-state index in [0.717, 1.165) is 55.6 Å². The fourth-order valence-corrected chi connectivity index (χ4v) is 4.61. The second kappa shape index (κ2) is 18.0. The van der Waals surface area contributed by atoms with Gasteiger partial charge < -0.3 is 14.2 Å². The first-order valence-corrected chi connectivity index (χ1v) is 15.4. The third-order valence-electron chi connectivity index (χ3n) is 7.37. The number of ether oxygens (including phenoxy) is 3. The standard InChI is InChI=1S/C36H46O5/c1-4-7-9-10-11-12-26-39-33-22-18-30(19-23-33)29-14-16-32(17-15-29)36(38)41-34-24-20-31(21-25-34)35(37)40-27-28(6-3)13-8-5-2/h14-25,28H,4-13,26-27H2,1-3H3. The molecule has 0 radical (unpaired) electrons. The van der Waals surface area contributed by atoms with Crippen LogP contribution in [-0.2, 0) is 4.74 Å². The summed E-state index contributed by atoms with van der Waals surface area (Å²) in [6.07, 6.45) is 11.8. The van der Waals surface area contributed by atoms with Crippen LogP contribution in [0.2, 0.25) is 0 Å². The summed E-state index contributed by atoms with van der Waals surface area (Å²) in [6, 6.07) is 21.9. The Bertz CT molecular complexity index is 1170. The van der Waals surface area contributed by atoms with Gasteiger partial charge in [0.2, 0.25) is 0 Å². The first kappa shape index (κ1) is 31.9. The summed E-state index contributed by atoms with van der Waals surface area (Å²) >= 11 is 0. The molecule has 3 aromatic rings. The highest BCUT2D eigenvalue weighted by molar-refractivity contribution is 5.92. The van der Waals surface area contributed by atoms with Crippen molar-refractivity contribution in [3.63, 3.8) is 0 Å². The van der Waals surface area contributed by atoms with Gasteiger partial charge in [-0.25, -0.2) is 9.59 Å². The Morgan fingerprint density at radius 3 is 1.78 bits per heavy atom. The maximum Gasteiger partial charge on any atom is 0.343 e. The molecule has 0 saturated heterocycles. The number of rotatable bonds is 18. The van der Waals surface area contributed by atoms with Crippen molar-refractivity contribution in [2.75, 3.05) is 13.2 Å². The van der Waals surface area contributed by atoms with E-state index in [0.29, 0.717) is 29.4 Å². The van der Waals surface area contributed by atoms with Crippen molar-refractivity contribution in [1.82, 2.24) is 0 Å². The van der Waals surface area contributed by atoms with E-state index in [1.807, 2.05) is 36.4 Å². The third kappa shape index (κ3) is 11.1. The van der Waals surface area contributed by atoms with Gasteiger partial charge in [0.25, 0.3) is 0 Å². The average molecular weight is 559 g/mol. The highest BCUT2D eigenvalue weighted by Gasteiger charge is 2.14. The van der Waals surface area contributed by atoms with Crippen LogP contribution in [0.3, 0.4) is 0 Å². The molecule has 0 fully saturated rings. The van der Waals surface area contributed by atoms with Crippen LogP contribution < -0.4 is 9.47 Å². The maximum atomic E-state index is 12.7. The number of hydrogen-bond donors (Lipinski definition) is 0. The van der Waals surface area contributed by atoms with Crippen LogP contribution in [0.1, 0.15) is 106 Å². The molecule has 0 aliphatic carbocycles. The largest absolute Gasteiger partial charge is 0.494 e. The second-order valence-corrected chi connectivity index (χ2v) is 10.6. The molecule has 0 aromatic heterocycles. The van der Waals surface area contributed by atoms with E-state index in [2.05, 4.69) is 20.8 Å². The van der Waals surface area contributed by atoms with Gasteiger partial charge in [-0.05, 0) is 78.4 Å². The zero-order chi connectivity index (χ0) is 29.3. The summed E-state index contributed by atoms with van der Waals surface area (Å²) in [4.78, 5) is 25.1. The molecule has 0 aliphatic rings. The van der Waals surface area contributed by atoms with Crippen LogP contribution in [0, 0.1) is 5.92 Å². The minimum Gasteiger partial charge on any atom is -0.494 e. The molecule has 0 bridgehead atoms. The van der Waals surface area contributed by atoms with Gasteiger partial charge in [-0.3, -0.25) is 0 Å². The minimum atomic E-state index is -0.452. The molecule has 5 nitrogen and oxygen atoms in total. The first-order valence-electron chi connectivity index (χ1n) is 15.4. The highest BCUT2D eigenvalue weighted by Crippen LogP contribution is 2.24. The maximum absolute atomic E-state index is 12.7. The van der Waals surface area contributed by atoms with E-state index < -0.39 is 5.97 Å². The van der Waals surface area contributed by atoms with E-state index in [-0.39, 0.29) is 5.97 Å². The molecule has 0 spiro atoms. The fraction of sp³-hybridized carbons (Fsp3) is 0.444.